The van der Waals surface area contributed by atoms with Crippen LogP contribution in [0, 0.1) is 41.4 Å². The maximum Gasteiger partial charge on any atom is 0.307 e. The summed E-state index contributed by atoms with van der Waals surface area (Å²) < 4.78 is 0. The molecule has 2 aliphatic rings. The number of nitrogens with zero attached hydrogens (tertiary/aromatic N) is 3. The third kappa shape index (κ3) is 10.2. The lowest BCUT2D eigenvalue weighted by atomic mass is 9.83. The molecule has 1 aromatic carbocycles. The maximum absolute atomic E-state index is 14.4. The van der Waals surface area contributed by atoms with E-state index in [9.17, 15) is 43.5 Å². The standard InChI is InChI=1S/C41H52N4O9/c1-6-10-26(38(50)35(49)19-27(41(53)54)17-25-11-8-7-9-12-25)18-34(48)37-28-13-14-32(46)30(28)22-45(37)40(52)36(24(4)5)44-39(51)29(23(2)3)20-33(47)31-21-42-15-16-43-31/h7-9,11-12,15-16,21,23-24,26-30,36-37H,6,10,13-14,17-20,22H2,1-5H3,(H,44,51)(H,53,54)/t26?,27-,28+,29-,30+,36+,37+/m1/s1. The van der Waals surface area contributed by atoms with E-state index in [1.807, 2.05) is 6.92 Å². The molecule has 2 fully saturated rings. The van der Waals surface area contributed by atoms with Crippen LogP contribution in [0.4, 0.5) is 0 Å². The lowest BCUT2D eigenvalue weighted by Gasteiger charge is -2.33. The summed E-state index contributed by atoms with van der Waals surface area (Å²) in [5.41, 5.74) is 0.834. The Balaban J connectivity index is 1.52. The van der Waals surface area contributed by atoms with Crippen molar-refractivity contribution in [2.24, 2.45) is 41.4 Å². The van der Waals surface area contributed by atoms with E-state index in [0.717, 1.165) is 0 Å². The molecule has 7 atom stereocenters. The minimum atomic E-state index is -1.20. The number of carboxylic acids is 1. The van der Waals surface area contributed by atoms with Crippen molar-refractivity contribution in [1.82, 2.24) is 20.2 Å². The van der Waals surface area contributed by atoms with E-state index in [-0.39, 0.29) is 61.8 Å². The van der Waals surface area contributed by atoms with Crippen LogP contribution in [0.3, 0.4) is 0 Å². The average Bonchev–Trinajstić information content (AvgIpc) is 3.71. The Labute approximate surface area is 316 Å². The first-order valence-electron chi connectivity index (χ1n) is 18.9. The van der Waals surface area contributed by atoms with Gasteiger partial charge in [-0.15, -0.1) is 0 Å². The van der Waals surface area contributed by atoms with Gasteiger partial charge in [-0.1, -0.05) is 71.4 Å². The van der Waals surface area contributed by atoms with Crippen molar-refractivity contribution in [2.45, 2.75) is 98.1 Å². The predicted octanol–water partition coefficient (Wildman–Crippen LogP) is 4.12. The number of hydrogen-bond acceptors (Lipinski definition) is 10. The minimum absolute atomic E-state index is 0.0122. The second-order valence-corrected chi connectivity index (χ2v) is 15.4. The molecule has 0 bridgehead atoms. The Morgan fingerprint density at radius 1 is 0.926 bits per heavy atom. The fourth-order valence-electron chi connectivity index (χ4n) is 7.81. The van der Waals surface area contributed by atoms with Gasteiger partial charge in [0.2, 0.25) is 17.6 Å². The van der Waals surface area contributed by atoms with E-state index in [1.165, 1.54) is 23.5 Å². The van der Waals surface area contributed by atoms with Crippen molar-refractivity contribution in [3.63, 3.8) is 0 Å². The molecule has 1 unspecified atom stereocenters. The largest absolute Gasteiger partial charge is 0.481 e. The maximum atomic E-state index is 14.4. The van der Waals surface area contributed by atoms with Gasteiger partial charge in [0.05, 0.1) is 18.2 Å². The molecule has 2 heterocycles. The Hall–Kier alpha value is -4.94. The lowest BCUT2D eigenvalue weighted by molar-refractivity contribution is -0.147. The molecule has 4 rings (SSSR count). The van der Waals surface area contributed by atoms with Gasteiger partial charge in [-0.2, -0.15) is 0 Å². The normalized spacial score (nSPS) is 20.2. The van der Waals surface area contributed by atoms with Crippen molar-refractivity contribution in [3.8, 4) is 0 Å². The van der Waals surface area contributed by atoms with E-state index in [0.29, 0.717) is 18.4 Å². The van der Waals surface area contributed by atoms with E-state index in [2.05, 4.69) is 15.3 Å². The number of carboxylic acid groups (broad SMARTS) is 1. The molecule has 2 aromatic rings. The molecule has 290 valence electrons. The van der Waals surface area contributed by atoms with Crippen LogP contribution in [-0.4, -0.2) is 85.3 Å². The van der Waals surface area contributed by atoms with Gasteiger partial charge in [0, 0.05) is 62.4 Å². The summed E-state index contributed by atoms with van der Waals surface area (Å²) in [6.07, 6.45) is 4.51. The van der Waals surface area contributed by atoms with Gasteiger partial charge in [0.1, 0.15) is 17.5 Å². The summed E-state index contributed by atoms with van der Waals surface area (Å²) in [4.78, 5) is 117. The van der Waals surface area contributed by atoms with E-state index in [4.69, 9.17) is 0 Å². The number of hydrogen-bond donors (Lipinski definition) is 2. The molecule has 13 nitrogen and oxygen atoms in total. The summed E-state index contributed by atoms with van der Waals surface area (Å²) >= 11 is 0. The van der Waals surface area contributed by atoms with Gasteiger partial charge in [-0.3, -0.25) is 43.3 Å². The molecule has 2 N–H and O–H groups in total. The predicted molar refractivity (Wildman–Crippen MR) is 197 cm³/mol. The molecule has 1 saturated heterocycles. The van der Waals surface area contributed by atoms with Crippen LogP contribution in [0.15, 0.2) is 48.9 Å². The Kier molecular flexibility index (Phi) is 14.6. The number of fused-ring (bicyclic) bond motifs is 1. The number of carbonyl (C=O) groups is 8. The number of aliphatic carboxylic acids is 1. The average molecular weight is 745 g/mol. The van der Waals surface area contributed by atoms with Crippen LogP contribution < -0.4 is 5.32 Å². The smallest absolute Gasteiger partial charge is 0.307 e. The van der Waals surface area contributed by atoms with E-state index >= 15 is 0 Å². The summed E-state index contributed by atoms with van der Waals surface area (Å²) in [6, 6.07) is 6.68. The summed E-state index contributed by atoms with van der Waals surface area (Å²) in [6.45, 7) is 8.89. The van der Waals surface area contributed by atoms with Crippen LogP contribution >= 0.6 is 0 Å². The van der Waals surface area contributed by atoms with Crippen molar-refractivity contribution in [2.75, 3.05) is 6.54 Å². The van der Waals surface area contributed by atoms with Crippen molar-refractivity contribution < 1.29 is 43.5 Å². The number of nitrogens with one attached hydrogen (secondary N) is 1. The van der Waals surface area contributed by atoms with Gasteiger partial charge in [0.25, 0.3) is 0 Å². The zero-order chi connectivity index (χ0) is 39.7. The molecule has 1 saturated carbocycles. The van der Waals surface area contributed by atoms with Gasteiger partial charge in [0.15, 0.2) is 17.3 Å². The second kappa shape index (κ2) is 18.9. The molecule has 1 aliphatic carbocycles. The fourth-order valence-corrected chi connectivity index (χ4v) is 7.81. The van der Waals surface area contributed by atoms with Gasteiger partial charge in [-0.25, -0.2) is 4.98 Å². The van der Waals surface area contributed by atoms with Crippen LogP contribution in [0.2, 0.25) is 0 Å². The fraction of sp³-hybridized carbons (Fsp3) is 0.561. The molecular weight excluding hydrogens is 692 g/mol. The van der Waals surface area contributed by atoms with Gasteiger partial charge < -0.3 is 15.3 Å². The third-order valence-corrected chi connectivity index (χ3v) is 10.9. The Morgan fingerprint density at radius 3 is 2.22 bits per heavy atom. The van der Waals surface area contributed by atoms with Crippen molar-refractivity contribution >= 4 is 46.7 Å². The molecular formula is C41H52N4O9. The highest BCUT2D eigenvalue weighted by Gasteiger charge is 2.54. The summed E-state index contributed by atoms with van der Waals surface area (Å²) in [5, 5.41) is 12.7. The number of benzene rings is 1. The molecule has 2 amide bonds. The van der Waals surface area contributed by atoms with Crippen LogP contribution in [0.5, 0.6) is 0 Å². The van der Waals surface area contributed by atoms with Gasteiger partial charge in [-0.05, 0) is 42.6 Å². The number of Topliss-reactive ketones (excluding diaryl/α,β-unsaturated/α-hetero) is 5. The summed E-state index contributed by atoms with van der Waals surface area (Å²) in [5.74, 6) is -9.50. The topological polar surface area (TPSA) is 198 Å². The highest BCUT2D eigenvalue weighted by molar-refractivity contribution is 6.38. The molecule has 0 spiro atoms. The highest BCUT2D eigenvalue weighted by atomic mass is 16.4. The SMILES string of the molecule is CCCC(CC(=O)[C@@H]1[C@H]2CCC(=O)[C@H]2CN1C(=O)[C@@H](NC(=O)[C@H](CC(=O)c1cnccn1)C(C)C)C(C)C)C(=O)C(=O)C[C@@H](Cc1ccccc1)C(=O)O. The zero-order valence-electron chi connectivity index (χ0n) is 31.7. The number of ketones is 5. The quantitative estimate of drug-likeness (QED) is 0.146. The minimum Gasteiger partial charge on any atom is -0.481 e. The van der Waals surface area contributed by atoms with E-state index < -0.39 is 89.1 Å². The molecule has 1 aliphatic heterocycles. The van der Waals surface area contributed by atoms with Crippen LogP contribution in [0.25, 0.3) is 0 Å². The second-order valence-electron chi connectivity index (χ2n) is 15.4. The first-order chi connectivity index (χ1) is 25.6. The number of amides is 2. The first kappa shape index (κ1) is 41.8. The highest BCUT2D eigenvalue weighted by Crippen LogP contribution is 2.42. The zero-order valence-corrected chi connectivity index (χ0v) is 31.7. The third-order valence-electron chi connectivity index (χ3n) is 10.9. The van der Waals surface area contributed by atoms with E-state index in [1.54, 1.807) is 58.0 Å². The number of aromatic nitrogens is 2. The molecule has 0 radical (unpaired) electrons. The monoisotopic (exact) mass is 744 g/mol. The van der Waals surface area contributed by atoms with Crippen LogP contribution in [0.1, 0.15) is 95.6 Å². The van der Waals surface area contributed by atoms with Crippen LogP contribution in [-0.2, 0) is 40.0 Å². The molecule has 1 aromatic heterocycles. The number of likely N-dealkylation sites (tertiary alicyclic amines) is 1. The first-order valence-corrected chi connectivity index (χ1v) is 18.9. The lowest BCUT2D eigenvalue weighted by Crippen LogP contribution is -2.56. The van der Waals surface area contributed by atoms with Crippen molar-refractivity contribution in [3.05, 3.63) is 60.2 Å². The number of rotatable bonds is 20. The molecule has 54 heavy (non-hydrogen) atoms. The Bertz CT molecular complexity index is 1710. The summed E-state index contributed by atoms with van der Waals surface area (Å²) in [7, 11) is 0. The number of carbonyl (C=O) groups excluding carboxylic acids is 7. The Morgan fingerprint density at radius 2 is 1.63 bits per heavy atom. The molecule has 13 heteroatoms. The van der Waals surface area contributed by atoms with Gasteiger partial charge >= 0.3 is 5.97 Å². The van der Waals surface area contributed by atoms with Crippen molar-refractivity contribution in [1.29, 1.82) is 0 Å².